The van der Waals surface area contributed by atoms with E-state index >= 15 is 0 Å². The molecule has 1 N–H and O–H groups in total. The van der Waals surface area contributed by atoms with Crippen LogP contribution >= 0.6 is 0 Å². The summed E-state index contributed by atoms with van der Waals surface area (Å²) >= 11 is 0. The Labute approximate surface area is 110 Å². The molecule has 1 amide bonds. The highest BCUT2D eigenvalue weighted by molar-refractivity contribution is 5.96. The molecule has 0 atom stereocenters. The molecule has 0 heterocycles. The number of hydrogen-bond donors (Lipinski definition) is 1. The number of hydrogen-bond acceptors (Lipinski definition) is 2. The molecule has 0 saturated heterocycles. The van der Waals surface area contributed by atoms with Crippen LogP contribution in [0.1, 0.15) is 28.8 Å². The standard InChI is InChI=1S/C14H16FNO3/c1-9-2-5-11(12(15)6-9)14(19)16(8-13(17)18)7-10-3-4-10/h2,5-6,10H,3-4,7-8H2,1H3,(H,17,18). The van der Waals surface area contributed by atoms with Crippen molar-refractivity contribution in [2.24, 2.45) is 5.92 Å². The Morgan fingerprint density at radius 1 is 1.42 bits per heavy atom. The number of aryl methyl sites for hydroxylation is 1. The van der Waals surface area contributed by atoms with Gasteiger partial charge in [0.2, 0.25) is 0 Å². The molecular formula is C14H16FNO3. The fourth-order valence-corrected chi connectivity index (χ4v) is 1.96. The molecule has 1 saturated carbocycles. The second kappa shape index (κ2) is 5.38. The first kappa shape index (κ1) is 13.5. The summed E-state index contributed by atoms with van der Waals surface area (Å²) in [6.45, 7) is 1.73. The van der Waals surface area contributed by atoms with Crippen molar-refractivity contribution in [1.82, 2.24) is 4.90 Å². The van der Waals surface area contributed by atoms with E-state index < -0.39 is 17.7 Å². The third-order valence-corrected chi connectivity index (χ3v) is 3.14. The molecule has 0 unspecified atom stereocenters. The highest BCUT2D eigenvalue weighted by atomic mass is 19.1. The van der Waals surface area contributed by atoms with Gasteiger partial charge in [0, 0.05) is 6.54 Å². The lowest BCUT2D eigenvalue weighted by Gasteiger charge is -2.21. The molecule has 5 heteroatoms. The van der Waals surface area contributed by atoms with Crippen LogP contribution in [0.4, 0.5) is 4.39 Å². The maximum absolute atomic E-state index is 13.8. The van der Waals surface area contributed by atoms with E-state index in [9.17, 15) is 14.0 Å². The first-order valence-corrected chi connectivity index (χ1v) is 6.24. The molecule has 1 aliphatic carbocycles. The number of amides is 1. The predicted octanol–water partition coefficient (Wildman–Crippen LogP) is 2.07. The second-order valence-electron chi connectivity index (χ2n) is 5.01. The van der Waals surface area contributed by atoms with Crippen molar-refractivity contribution in [3.05, 3.63) is 35.1 Å². The van der Waals surface area contributed by atoms with E-state index in [0.717, 1.165) is 18.4 Å². The van der Waals surface area contributed by atoms with E-state index in [1.165, 1.54) is 17.0 Å². The lowest BCUT2D eigenvalue weighted by Crippen LogP contribution is -2.37. The summed E-state index contributed by atoms with van der Waals surface area (Å²) in [5, 5.41) is 8.84. The maximum atomic E-state index is 13.8. The Morgan fingerprint density at radius 2 is 2.11 bits per heavy atom. The molecule has 1 aromatic carbocycles. The lowest BCUT2D eigenvalue weighted by atomic mass is 10.1. The molecular weight excluding hydrogens is 249 g/mol. The van der Waals surface area contributed by atoms with Crippen molar-refractivity contribution in [3.63, 3.8) is 0 Å². The van der Waals surface area contributed by atoms with Gasteiger partial charge in [-0.3, -0.25) is 9.59 Å². The van der Waals surface area contributed by atoms with Crippen molar-refractivity contribution < 1.29 is 19.1 Å². The third kappa shape index (κ3) is 3.53. The molecule has 1 aromatic rings. The highest BCUT2D eigenvalue weighted by Crippen LogP contribution is 2.30. The molecule has 0 bridgehead atoms. The maximum Gasteiger partial charge on any atom is 0.323 e. The fraction of sp³-hybridized carbons (Fsp3) is 0.429. The molecule has 19 heavy (non-hydrogen) atoms. The highest BCUT2D eigenvalue weighted by Gasteiger charge is 2.29. The molecule has 0 aliphatic heterocycles. The van der Waals surface area contributed by atoms with Gasteiger partial charge in [-0.2, -0.15) is 0 Å². The molecule has 1 aliphatic rings. The molecule has 4 nitrogen and oxygen atoms in total. The van der Waals surface area contributed by atoms with Crippen LogP contribution < -0.4 is 0 Å². The summed E-state index contributed by atoms with van der Waals surface area (Å²) in [5.74, 6) is -1.87. The van der Waals surface area contributed by atoms with Gasteiger partial charge < -0.3 is 10.0 Å². The summed E-state index contributed by atoms with van der Waals surface area (Å²) in [5.41, 5.74) is 0.661. The number of carboxylic acids is 1. The molecule has 102 valence electrons. The minimum absolute atomic E-state index is 0.0625. The van der Waals surface area contributed by atoms with Crippen LogP contribution in [0.2, 0.25) is 0 Å². The van der Waals surface area contributed by atoms with E-state index in [1.807, 2.05) is 0 Å². The summed E-state index contributed by atoms with van der Waals surface area (Å²) in [4.78, 5) is 24.2. The van der Waals surface area contributed by atoms with Gasteiger partial charge in [-0.1, -0.05) is 6.07 Å². The largest absolute Gasteiger partial charge is 0.480 e. The summed E-state index contributed by atoms with van der Waals surface area (Å²) in [6, 6.07) is 4.34. The number of rotatable bonds is 5. The van der Waals surface area contributed by atoms with Crippen molar-refractivity contribution >= 4 is 11.9 Å². The Bertz CT molecular complexity index is 511. The van der Waals surface area contributed by atoms with Gasteiger partial charge >= 0.3 is 5.97 Å². The van der Waals surface area contributed by atoms with E-state index in [1.54, 1.807) is 13.0 Å². The zero-order valence-electron chi connectivity index (χ0n) is 10.7. The van der Waals surface area contributed by atoms with Gasteiger partial charge in [-0.25, -0.2) is 4.39 Å². The van der Waals surface area contributed by atoms with Gasteiger partial charge in [0.15, 0.2) is 0 Å². The van der Waals surface area contributed by atoms with E-state index in [-0.39, 0.29) is 12.1 Å². The molecule has 1 fully saturated rings. The van der Waals surface area contributed by atoms with Crippen LogP contribution in [-0.2, 0) is 4.79 Å². The van der Waals surface area contributed by atoms with Crippen LogP contribution in [0.25, 0.3) is 0 Å². The number of carbonyl (C=O) groups excluding carboxylic acids is 1. The summed E-state index contributed by atoms with van der Waals surface area (Å²) in [7, 11) is 0. The van der Waals surface area contributed by atoms with Crippen LogP contribution in [0.5, 0.6) is 0 Å². The average molecular weight is 265 g/mol. The first-order valence-electron chi connectivity index (χ1n) is 6.24. The zero-order chi connectivity index (χ0) is 14.0. The Morgan fingerprint density at radius 3 is 2.63 bits per heavy atom. The minimum Gasteiger partial charge on any atom is -0.480 e. The van der Waals surface area contributed by atoms with Crippen LogP contribution in [-0.4, -0.2) is 35.0 Å². The van der Waals surface area contributed by atoms with Crippen molar-refractivity contribution in [2.45, 2.75) is 19.8 Å². The number of aliphatic carboxylic acids is 1. The van der Waals surface area contributed by atoms with Crippen LogP contribution in [0, 0.1) is 18.7 Å². The smallest absolute Gasteiger partial charge is 0.323 e. The summed E-state index contributed by atoms with van der Waals surface area (Å²) < 4.78 is 13.8. The molecule has 0 aromatic heterocycles. The number of benzene rings is 1. The fourth-order valence-electron chi connectivity index (χ4n) is 1.96. The van der Waals surface area contributed by atoms with Gasteiger partial charge in [-0.15, -0.1) is 0 Å². The molecule has 2 rings (SSSR count). The first-order chi connectivity index (χ1) is 8.97. The topological polar surface area (TPSA) is 57.6 Å². The monoisotopic (exact) mass is 265 g/mol. The Kier molecular flexibility index (Phi) is 3.83. The number of halogens is 1. The van der Waals surface area contributed by atoms with Crippen molar-refractivity contribution in [3.8, 4) is 0 Å². The van der Waals surface area contributed by atoms with E-state index in [0.29, 0.717) is 12.5 Å². The Balaban J connectivity index is 2.19. The SMILES string of the molecule is Cc1ccc(C(=O)N(CC(=O)O)CC2CC2)c(F)c1. The molecule has 0 spiro atoms. The van der Waals surface area contributed by atoms with Crippen LogP contribution in [0.3, 0.4) is 0 Å². The van der Waals surface area contributed by atoms with Gasteiger partial charge in [0.25, 0.3) is 5.91 Å². The number of carboxylic acid groups (broad SMARTS) is 1. The Hall–Kier alpha value is -1.91. The van der Waals surface area contributed by atoms with Gasteiger partial charge in [0.1, 0.15) is 12.4 Å². The quantitative estimate of drug-likeness (QED) is 0.886. The lowest BCUT2D eigenvalue weighted by molar-refractivity contribution is -0.137. The number of carbonyl (C=O) groups is 2. The van der Waals surface area contributed by atoms with Crippen LogP contribution in [0.15, 0.2) is 18.2 Å². The van der Waals surface area contributed by atoms with Gasteiger partial charge in [0.05, 0.1) is 5.56 Å². The molecule has 0 radical (unpaired) electrons. The predicted molar refractivity (Wildman–Crippen MR) is 67.4 cm³/mol. The van der Waals surface area contributed by atoms with Crippen molar-refractivity contribution in [2.75, 3.05) is 13.1 Å². The van der Waals surface area contributed by atoms with Gasteiger partial charge in [-0.05, 0) is 43.4 Å². The van der Waals surface area contributed by atoms with E-state index in [2.05, 4.69) is 0 Å². The van der Waals surface area contributed by atoms with Crippen molar-refractivity contribution in [1.29, 1.82) is 0 Å². The number of nitrogens with zero attached hydrogens (tertiary/aromatic N) is 1. The van der Waals surface area contributed by atoms with E-state index in [4.69, 9.17) is 5.11 Å². The minimum atomic E-state index is -1.08. The normalized spacial score (nSPS) is 14.2. The second-order valence-corrected chi connectivity index (χ2v) is 5.01. The average Bonchev–Trinajstić information content (AvgIpc) is 3.10. The summed E-state index contributed by atoms with van der Waals surface area (Å²) in [6.07, 6.45) is 2.00. The third-order valence-electron chi connectivity index (χ3n) is 3.14. The zero-order valence-corrected chi connectivity index (χ0v) is 10.7.